The van der Waals surface area contributed by atoms with Crippen molar-refractivity contribution >= 4 is 17.5 Å². The van der Waals surface area contributed by atoms with E-state index in [2.05, 4.69) is 15.2 Å². The summed E-state index contributed by atoms with van der Waals surface area (Å²) in [6.07, 6.45) is -3.76. The molecule has 2 heterocycles. The highest BCUT2D eigenvalue weighted by atomic mass is 19.4. The van der Waals surface area contributed by atoms with Crippen molar-refractivity contribution in [3.05, 3.63) is 81.8 Å². The van der Waals surface area contributed by atoms with E-state index in [0.29, 0.717) is 0 Å². The molecule has 10 nitrogen and oxygen atoms in total. The molecule has 2 aromatic carbocycles. The zero-order valence-corrected chi connectivity index (χ0v) is 20.6. The SMILES string of the molecule is COc1cc(F)c([C@@H]2CN(c3ccnn(CCO)c3=O)C(=O)[C@H]2NC(=O)c2ccc(OC(F)(F)F)cc2)c(F)c1. The van der Waals surface area contributed by atoms with E-state index >= 15 is 8.78 Å². The number of amides is 2. The van der Waals surface area contributed by atoms with Crippen molar-refractivity contribution in [2.45, 2.75) is 24.9 Å². The predicted molar refractivity (Wildman–Crippen MR) is 128 cm³/mol. The van der Waals surface area contributed by atoms with Crippen molar-refractivity contribution in [2.75, 3.05) is 25.2 Å². The van der Waals surface area contributed by atoms with Gasteiger partial charge in [-0.2, -0.15) is 5.10 Å². The van der Waals surface area contributed by atoms with E-state index in [9.17, 15) is 32.7 Å². The molecule has 0 bridgehead atoms. The van der Waals surface area contributed by atoms with Gasteiger partial charge in [-0.1, -0.05) is 0 Å². The Morgan fingerprint density at radius 1 is 1.10 bits per heavy atom. The Labute approximate surface area is 222 Å². The predicted octanol–water partition coefficient (Wildman–Crippen LogP) is 2.35. The normalized spacial score (nSPS) is 17.2. The Hall–Kier alpha value is -4.53. The van der Waals surface area contributed by atoms with Crippen LogP contribution >= 0.6 is 0 Å². The minimum Gasteiger partial charge on any atom is -0.497 e. The third-order valence-corrected chi connectivity index (χ3v) is 6.10. The highest BCUT2D eigenvalue weighted by Crippen LogP contribution is 2.36. The van der Waals surface area contributed by atoms with Crippen LogP contribution in [0.2, 0.25) is 0 Å². The first-order valence-electron chi connectivity index (χ1n) is 11.6. The monoisotopic (exact) mass is 568 g/mol. The number of halogens is 5. The minimum atomic E-state index is -4.95. The third kappa shape index (κ3) is 5.88. The Kier molecular flexibility index (Phi) is 8.04. The number of alkyl halides is 3. The number of carbonyl (C=O) groups is 2. The Bertz CT molecular complexity index is 1450. The molecule has 2 atom stereocenters. The van der Waals surface area contributed by atoms with Gasteiger partial charge in [0.05, 0.1) is 20.3 Å². The van der Waals surface area contributed by atoms with E-state index in [4.69, 9.17) is 4.74 Å². The second-order valence-corrected chi connectivity index (χ2v) is 8.55. The number of aromatic nitrogens is 2. The molecule has 1 aliphatic heterocycles. The molecular weight excluding hydrogens is 547 g/mol. The van der Waals surface area contributed by atoms with E-state index in [1.165, 1.54) is 19.4 Å². The van der Waals surface area contributed by atoms with Crippen LogP contribution in [-0.4, -0.2) is 59.4 Å². The summed E-state index contributed by atoms with van der Waals surface area (Å²) in [5, 5.41) is 15.4. The number of aliphatic hydroxyl groups excluding tert-OH is 1. The number of ether oxygens (including phenoxy) is 2. The number of hydrogen-bond acceptors (Lipinski definition) is 7. The maximum Gasteiger partial charge on any atom is 0.573 e. The van der Waals surface area contributed by atoms with E-state index < -0.39 is 71.8 Å². The van der Waals surface area contributed by atoms with Gasteiger partial charge in [-0.05, 0) is 30.3 Å². The summed E-state index contributed by atoms with van der Waals surface area (Å²) in [6, 6.07) is 5.18. The number of methoxy groups -OCH3 is 1. The lowest BCUT2D eigenvalue weighted by Crippen LogP contribution is -2.44. The number of anilines is 1. The van der Waals surface area contributed by atoms with Gasteiger partial charge in [0.15, 0.2) is 0 Å². The Morgan fingerprint density at radius 2 is 1.75 bits per heavy atom. The number of aliphatic hydroxyl groups is 1. The fourth-order valence-electron chi connectivity index (χ4n) is 4.33. The van der Waals surface area contributed by atoms with Crippen molar-refractivity contribution in [3.63, 3.8) is 0 Å². The molecule has 15 heteroatoms. The first kappa shape index (κ1) is 28.5. The van der Waals surface area contributed by atoms with Gasteiger partial charge in [-0.3, -0.25) is 14.4 Å². The van der Waals surface area contributed by atoms with E-state index in [1.54, 1.807) is 0 Å². The fraction of sp³-hybridized carbons (Fsp3) is 0.280. The molecule has 1 aliphatic rings. The molecule has 1 saturated heterocycles. The Morgan fingerprint density at radius 3 is 2.33 bits per heavy atom. The zero-order chi connectivity index (χ0) is 29.2. The third-order valence-electron chi connectivity index (χ3n) is 6.10. The summed E-state index contributed by atoms with van der Waals surface area (Å²) in [5.74, 6) is -6.04. The van der Waals surface area contributed by atoms with E-state index in [0.717, 1.165) is 46.0 Å². The summed E-state index contributed by atoms with van der Waals surface area (Å²) >= 11 is 0. The highest BCUT2D eigenvalue weighted by Gasteiger charge is 2.46. The average Bonchev–Trinajstić information content (AvgIpc) is 3.19. The lowest BCUT2D eigenvalue weighted by atomic mass is 9.92. The van der Waals surface area contributed by atoms with Crippen LogP contribution in [0.5, 0.6) is 11.5 Å². The summed E-state index contributed by atoms with van der Waals surface area (Å²) in [5.41, 5.74) is -1.71. The van der Waals surface area contributed by atoms with Gasteiger partial charge in [0.1, 0.15) is 34.9 Å². The van der Waals surface area contributed by atoms with Crippen LogP contribution in [0.15, 0.2) is 53.5 Å². The molecular formula is C25H21F5N4O6. The summed E-state index contributed by atoms with van der Waals surface area (Å²) in [4.78, 5) is 40.3. The molecule has 0 spiro atoms. The molecule has 2 amide bonds. The van der Waals surface area contributed by atoms with Gasteiger partial charge in [0, 0.05) is 41.9 Å². The molecule has 0 unspecified atom stereocenters. The number of rotatable bonds is 8. The molecule has 212 valence electrons. The first-order valence-corrected chi connectivity index (χ1v) is 11.6. The number of benzene rings is 2. The minimum absolute atomic E-state index is 0.136. The maximum atomic E-state index is 15.1. The van der Waals surface area contributed by atoms with Crippen LogP contribution in [0.4, 0.5) is 27.6 Å². The molecule has 4 rings (SSSR count). The van der Waals surface area contributed by atoms with Crippen LogP contribution < -0.4 is 25.2 Å². The average molecular weight is 568 g/mol. The molecule has 1 fully saturated rings. The topological polar surface area (TPSA) is 123 Å². The summed E-state index contributed by atoms with van der Waals surface area (Å²) in [7, 11) is 1.20. The lowest BCUT2D eigenvalue weighted by molar-refractivity contribution is -0.274. The van der Waals surface area contributed by atoms with Crippen LogP contribution in [0, 0.1) is 11.6 Å². The highest BCUT2D eigenvalue weighted by molar-refractivity contribution is 6.05. The molecule has 3 aromatic rings. The summed E-state index contributed by atoms with van der Waals surface area (Å²) < 4.78 is 77.1. The Balaban J connectivity index is 1.71. The van der Waals surface area contributed by atoms with Gasteiger partial charge in [0.25, 0.3) is 11.5 Å². The molecule has 0 saturated carbocycles. The van der Waals surface area contributed by atoms with Gasteiger partial charge in [0.2, 0.25) is 5.91 Å². The number of nitrogens with one attached hydrogen (secondary N) is 1. The smallest absolute Gasteiger partial charge is 0.497 e. The van der Waals surface area contributed by atoms with Crippen molar-refractivity contribution in [1.82, 2.24) is 15.1 Å². The van der Waals surface area contributed by atoms with Crippen LogP contribution in [-0.2, 0) is 11.3 Å². The molecule has 1 aromatic heterocycles. The lowest BCUT2D eigenvalue weighted by Gasteiger charge is -2.20. The van der Waals surface area contributed by atoms with Crippen LogP contribution in [0.3, 0.4) is 0 Å². The first-order chi connectivity index (χ1) is 18.9. The second kappa shape index (κ2) is 11.3. The van der Waals surface area contributed by atoms with E-state index in [1.807, 2.05) is 0 Å². The molecule has 0 aliphatic carbocycles. The standard InChI is InChI=1S/C25H21F5N4O6/c1-39-15-10-17(26)20(18(27)11-15)16-12-33(19-6-7-31-34(8-9-35)23(19)37)24(38)21(16)32-22(36)13-2-4-14(5-3-13)40-25(28,29)30/h2-7,10-11,16,21,35H,8-9,12H2,1H3,(H,32,36)/t16-,21-/m0/s1. The molecule has 40 heavy (non-hydrogen) atoms. The van der Waals surface area contributed by atoms with E-state index in [-0.39, 0.29) is 23.5 Å². The maximum absolute atomic E-state index is 15.1. The van der Waals surface area contributed by atoms with Crippen molar-refractivity contribution in [2.24, 2.45) is 0 Å². The zero-order valence-electron chi connectivity index (χ0n) is 20.6. The number of nitrogens with zero attached hydrogens (tertiary/aromatic N) is 3. The van der Waals surface area contributed by atoms with Crippen LogP contribution in [0.25, 0.3) is 0 Å². The second-order valence-electron chi connectivity index (χ2n) is 8.55. The van der Waals surface area contributed by atoms with Crippen molar-refractivity contribution in [3.8, 4) is 11.5 Å². The van der Waals surface area contributed by atoms with Gasteiger partial charge in [-0.15, -0.1) is 13.2 Å². The van der Waals surface area contributed by atoms with Gasteiger partial charge >= 0.3 is 6.36 Å². The number of hydrogen-bond donors (Lipinski definition) is 2. The van der Waals surface area contributed by atoms with Crippen molar-refractivity contribution < 1.29 is 46.1 Å². The fourth-order valence-corrected chi connectivity index (χ4v) is 4.33. The molecule has 0 radical (unpaired) electrons. The van der Waals surface area contributed by atoms with Crippen LogP contribution in [0.1, 0.15) is 21.8 Å². The number of carbonyl (C=O) groups excluding carboxylic acids is 2. The largest absolute Gasteiger partial charge is 0.573 e. The molecule has 2 N–H and O–H groups in total. The van der Waals surface area contributed by atoms with Crippen molar-refractivity contribution in [1.29, 1.82) is 0 Å². The van der Waals surface area contributed by atoms with Gasteiger partial charge < -0.3 is 24.8 Å². The summed E-state index contributed by atoms with van der Waals surface area (Å²) in [6.45, 7) is -1.05. The quantitative estimate of drug-likeness (QED) is 0.400. The van der Waals surface area contributed by atoms with Gasteiger partial charge in [-0.25, -0.2) is 13.5 Å².